The van der Waals surface area contributed by atoms with Crippen molar-refractivity contribution in [3.05, 3.63) is 65.5 Å². The summed E-state index contributed by atoms with van der Waals surface area (Å²) in [4.78, 5) is 16.0. The van der Waals surface area contributed by atoms with Crippen LogP contribution in [0.1, 0.15) is 5.89 Å². The highest BCUT2D eigenvalue weighted by Crippen LogP contribution is 2.18. The molecule has 2 aromatic carbocycles. The molecule has 1 aromatic heterocycles. The number of carbonyl (C=O) groups is 1. The van der Waals surface area contributed by atoms with Gasteiger partial charge in [0.2, 0.25) is 11.7 Å². The smallest absolute Gasteiger partial charge is 0.258 e. The Hall–Kier alpha value is -2.86. The summed E-state index contributed by atoms with van der Waals surface area (Å²) in [5.74, 6) is 1.12. The van der Waals surface area contributed by atoms with Gasteiger partial charge in [0.15, 0.2) is 6.61 Å². The number of nitrogens with zero attached hydrogens (tertiary/aromatic N) is 2. The van der Waals surface area contributed by atoms with Gasteiger partial charge in [-0.05, 0) is 36.4 Å². The molecule has 0 saturated heterocycles. The van der Waals surface area contributed by atoms with Crippen LogP contribution in [0.5, 0.6) is 5.75 Å². The predicted molar refractivity (Wildman–Crippen MR) is 88.5 cm³/mol. The Morgan fingerprint density at radius 1 is 1.12 bits per heavy atom. The van der Waals surface area contributed by atoms with Crippen LogP contribution < -0.4 is 10.1 Å². The Morgan fingerprint density at radius 2 is 1.88 bits per heavy atom. The summed E-state index contributed by atoms with van der Waals surface area (Å²) in [5, 5.41) is 7.17. The Labute approximate surface area is 143 Å². The Morgan fingerprint density at radius 3 is 2.62 bits per heavy atom. The summed E-state index contributed by atoms with van der Waals surface area (Å²) in [5.41, 5.74) is 0.785. The third-order valence-corrected chi connectivity index (χ3v) is 3.37. The molecule has 3 rings (SSSR count). The number of ether oxygens (including phenoxy) is 1. The van der Waals surface area contributed by atoms with Crippen molar-refractivity contribution in [3.63, 3.8) is 0 Å². The number of halogens is 1. The van der Waals surface area contributed by atoms with E-state index in [0.29, 0.717) is 22.5 Å². The van der Waals surface area contributed by atoms with Gasteiger partial charge in [-0.25, -0.2) is 0 Å². The van der Waals surface area contributed by atoms with Crippen molar-refractivity contribution in [2.24, 2.45) is 0 Å². The maximum absolute atomic E-state index is 11.8. The largest absolute Gasteiger partial charge is 0.484 e. The SMILES string of the molecule is O=C(COc1ccccc1)NCc1nc(-c2ccc(Cl)cc2)no1. The van der Waals surface area contributed by atoms with Gasteiger partial charge >= 0.3 is 0 Å². The highest BCUT2D eigenvalue weighted by Gasteiger charge is 2.10. The van der Waals surface area contributed by atoms with Crippen LogP contribution >= 0.6 is 11.6 Å². The van der Waals surface area contributed by atoms with E-state index in [1.807, 2.05) is 18.2 Å². The highest BCUT2D eigenvalue weighted by atomic mass is 35.5. The summed E-state index contributed by atoms with van der Waals surface area (Å²) < 4.78 is 10.5. The molecule has 122 valence electrons. The van der Waals surface area contributed by atoms with E-state index in [4.69, 9.17) is 20.9 Å². The number of aromatic nitrogens is 2. The van der Waals surface area contributed by atoms with Crippen molar-refractivity contribution in [3.8, 4) is 17.1 Å². The zero-order valence-electron chi connectivity index (χ0n) is 12.6. The fourth-order valence-electron chi connectivity index (χ4n) is 1.93. The van der Waals surface area contributed by atoms with E-state index in [1.165, 1.54) is 0 Å². The fraction of sp³-hybridized carbons (Fsp3) is 0.118. The number of carbonyl (C=O) groups excluding carboxylic acids is 1. The second-order valence-electron chi connectivity index (χ2n) is 4.90. The van der Waals surface area contributed by atoms with E-state index in [0.717, 1.165) is 5.56 Å². The zero-order valence-corrected chi connectivity index (χ0v) is 13.4. The predicted octanol–water partition coefficient (Wildman–Crippen LogP) is 3.09. The van der Waals surface area contributed by atoms with Gasteiger partial charge in [0.1, 0.15) is 5.75 Å². The first-order valence-electron chi connectivity index (χ1n) is 7.24. The topological polar surface area (TPSA) is 77.2 Å². The summed E-state index contributed by atoms with van der Waals surface area (Å²) in [7, 11) is 0. The molecule has 6 nitrogen and oxygen atoms in total. The van der Waals surface area contributed by atoms with Crippen LogP contribution in [0, 0.1) is 0 Å². The maximum atomic E-state index is 11.8. The van der Waals surface area contributed by atoms with E-state index in [2.05, 4.69) is 15.5 Å². The first-order chi connectivity index (χ1) is 11.7. The van der Waals surface area contributed by atoms with E-state index < -0.39 is 0 Å². The molecule has 0 aliphatic rings. The molecule has 0 aliphatic carbocycles. The second-order valence-corrected chi connectivity index (χ2v) is 5.33. The summed E-state index contributed by atoms with van der Waals surface area (Å²) in [6.45, 7) is 0.0553. The van der Waals surface area contributed by atoms with Crippen molar-refractivity contribution < 1.29 is 14.1 Å². The Kier molecular flexibility index (Phi) is 5.08. The molecule has 0 saturated carbocycles. The first-order valence-corrected chi connectivity index (χ1v) is 7.61. The van der Waals surface area contributed by atoms with Gasteiger partial charge in [0, 0.05) is 10.6 Å². The van der Waals surface area contributed by atoms with Crippen molar-refractivity contribution >= 4 is 17.5 Å². The van der Waals surface area contributed by atoms with Gasteiger partial charge in [-0.1, -0.05) is 35.0 Å². The number of nitrogens with one attached hydrogen (secondary N) is 1. The molecule has 3 aromatic rings. The average Bonchev–Trinajstić information content (AvgIpc) is 3.09. The standard InChI is InChI=1S/C17H14ClN3O3/c18-13-8-6-12(7-9-13)17-20-16(24-21-17)10-19-15(22)11-23-14-4-2-1-3-5-14/h1-9H,10-11H2,(H,19,22). The van der Waals surface area contributed by atoms with E-state index in [-0.39, 0.29) is 19.1 Å². The lowest BCUT2D eigenvalue weighted by Crippen LogP contribution is -2.28. The number of para-hydroxylation sites is 1. The van der Waals surface area contributed by atoms with Crippen molar-refractivity contribution in [2.75, 3.05) is 6.61 Å². The molecule has 24 heavy (non-hydrogen) atoms. The van der Waals surface area contributed by atoms with Crippen molar-refractivity contribution in [1.29, 1.82) is 0 Å². The number of amides is 1. The molecule has 1 amide bonds. The molecule has 0 spiro atoms. The van der Waals surface area contributed by atoms with Crippen LogP contribution in [0.15, 0.2) is 59.1 Å². The molecule has 0 aliphatic heterocycles. The van der Waals surface area contributed by atoms with E-state index in [1.54, 1.807) is 36.4 Å². The summed E-state index contributed by atoms with van der Waals surface area (Å²) in [6, 6.07) is 16.2. The number of rotatable bonds is 6. The third-order valence-electron chi connectivity index (χ3n) is 3.12. The van der Waals surface area contributed by atoms with Crippen LogP contribution in [0.25, 0.3) is 11.4 Å². The van der Waals surface area contributed by atoms with Crippen LogP contribution in [0.4, 0.5) is 0 Å². The number of hydrogen-bond acceptors (Lipinski definition) is 5. The Balaban J connectivity index is 1.50. The maximum Gasteiger partial charge on any atom is 0.258 e. The average molecular weight is 344 g/mol. The van der Waals surface area contributed by atoms with Crippen LogP contribution in [-0.2, 0) is 11.3 Å². The zero-order chi connectivity index (χ0) is 16.8. The molecule has 7 heteroatoms. The van der Waals surface area contributed by atoms with Gasteiger partial charge < -0.3 is 14.6 Å². The molecule has 0 unspecified atom stereocenters. The molecular formula is C17H14ClN3O3. The normalized spacial score (nSPS) is 10.4. The highest BCUT2D eigenvalue weighted by molar-refractivity contribution is 6.30. The minimum absolute atomic E-state index is 0.0812. The van der Waals surface area contributed by atoms with Gasteiger partial charge in [-0.2, -0.15) is 4.98 Å². The van der Waals surface area contributed by atoms with Crippen molar-refractivity contribution in [1.82, 2.24) is 15.5 Å². The Bertz CT molecular complexity index is 803. The van der Waals surface area contributed by atoms with Gasteiger partial charge in [0.25, 0.3) is 5.91 Å². The molecule has 1 heterocycles. The molecule has 0 radical (unpaired) electrons. The van der Waals surface area contributed by atoms with Crippen LogP contribution in [0.2, 0.25) is 5.02 Å². The third kappa shape index (κ3) is 4.33. The summed E-state index contributed by atoms with van der Waals surface area (Å²) >= 11 is 5.84. The summed E-state index contributed by atoms with van der Waals surface area (Å²) in [6.07, 6.45) is 0. The molecular weight excluding hydrogens is 330 g/mol. The molecule has 1 N–H and O–H groups in total. The number of hydrogen-bond donors (Lipinski definition) is 1. The van der Waals surface area contributed by atoms with E-state index in [9.17, 15) is 4.79 Å². The lowest BCUT2D eigenvalue weighted by Gasteiger charge is -2.05. The van der Waals surface area contributed by atoms with Crippen LogP contribution in [-0.4, -0.2) is 22.7 Å². The lowest BCUT2D eigenvalue weighted by atomic mass is 10.2. The monoisotopic (exact) mass is 343 g/mol. The van der Waals surface area contributed by atoms with Gasteiger partial charge in [0.05, 0.1) is 6.54 Å². The minimum atomic E-state index is -0.273. The van der Waals surface area contributed by atoms with Gasteiger partial charge in [-0.15, -0.1) is 0 Å². The van der Waals surface area contributed by atoms with Crippen LogP contribution in [0.3, 0.4) is 0 Å². The first kappa shape index (κ1) is 16.0. The molecule has 0 bridgehead atoms. The van der Waals surface area contributed by atoms with Crippen molar-refractivity contribution in [2.45, 2.75) is 6.54 Å². The van der Waals surface area contributed by atoms with Gasteiger partial charge in [-0.3, -0.25) is 4.79 Å². The van der Waals surface area contributed by atoms with E-state index >= 15 is 0 Å². The molecule has 0 fully saturated rings. The number of benzene rings is 2. The minimum Gasteiger partial charge on any atom is -0.484 e. The molecule has 0 atom stereocenters. The quantitative estimate of drug-likeness (QED) is 0.744. The fourth-order valence-corrected chi connectivity index (χ4v) is 2.06. The lowest BCUT2D eigenvalue weighted by molar-refractivity contribution is -0.123. The second kappa shape index (κ2) is 7.61.